The first kappa shape index (κ1) is 32.7. The standard InChI is InChI=1S/C30H45N3O7S/c1-21-18-33(22(2)20-34)30(35)27-17-24(31-41(36,37)26-13-11-25(38-6)12-14-26)10-15-28(27)40-23(3)9-7-8-16-39-29(21)19-32(4)5/h10-15,17,21-23,29,31,34H,7-9,16,18-20H2,1-6H3/t21-,22-,23+,29-/m1/s1. The lowest BCUT2D eigenvalue weighted by atomic mass is 10.0. The summed E-state index contributed by atoms with van der Waals surface area (Å²) in [6.45, 7) is 7.21. The third kappa shape index (κ3) is 9.06. The maximum Gasteiger partial charge on any atom is 0.261 e. The first-order valence-corrected chi connectivity index (χ1v) is 15.6. The van der Waals surface area contributed by atoms with Crippen molar-refractivity contribution in [3.05, 3.63) is 48.0 Å². The number of hydrogen-bond donors (Lipinski definition) is 2. The van der Waals surface area contributed by atoms with Crippen molar-refractivity contribution in [1.29, 1.82) is 0 Å². The van der Waals surface area contributed by atoms with Crippen molar-refractivity contribution >= 4 is 21.6 Å². The number of rotatable bonds is 8. The Morgan fingerprint density at radius 2 is 1.85 bits per heavy atom. The number of aliphatic hydroxyl groups is 1. The topological polar surface area (TPSA) is 118 Å². The molecule has 0 saturated carbocycles. The zero-order valence-corrected chi connectivity index (χ0v) is 25.8. The summed E-state index contributed by atoms with van der Waals surface area (Å²) in [6, 6.07) is 10.3. The Morgan fingerprint density at radius 3 is 2.49 bits per heavy atom. The van der Waals surface area contributed by atoms with E-state index in [4.69, 9.17) is 14.2 Å². The SMILES string of the molecule is COc1ccc(S(=O)(=O)Nc2ccc3c(c2)C(=O)N([C@H](C)CO)C[C@@H](C)[C@@H](CN(C)C)OCCCC[C@H](C)O3)cc1. The maximum atomic E-state index is 14.1. The highest BCUT2D eigenvalue weighted by Crippen LogP contribution is 2.29. The van der Waals surface area contributed by atoms with Gasteiger partial charge in [0.2, 0.25) is 0 Å². The van der Waals surface area contributed by atoms with Gasteiger partial charge in [-0.15, -0.1) is 0 Å². The van der Waals surface area contributed by atoms with E-state index in [0.717, 1.165) is 19.3 Å². The van der Waals surface area contributed by atoms with Crippen molar-refractivity contribution in [3.63, 3.8) is 0 Å². The summed E-state index contributed by atoms with van der Waals surface area (Å²) in [6.07, 6.45) is 2.28. The highest BCUT2D eigenvalue weighted by atomic mass is 32.2. The fourth-order valence-electron chi connectivity index (χ4n) is 4.78. The molecule has 0 saturated heterocycles. The first-order chi connectivity index (χ1) is 19.4. The van der Waals surface area contributed by atoms with Gasteiger partial charge in [-0.1, -0.05) is 6.92 Å². The van der Waals surface area contributed by atoms with Crippen LogP contribution in [0.1, 0.15) is 50.4 Å². The molecule has 0 unspecified atom stereocenters. The highest BCUT2D eigenvalue weighted by molar-refractivity contribution is 7.92. The molecule has 1 amide bonds. The molecule has 1 aliphatic heterocycles. The average Bonchev–Trinajstić information content (AvgIpc) is 2.94. The molecular weight excluding hydrogens is 546 g/mol. The van der Waals surface area contributed by atoms with Crippen molar-refractivity contribution in [2.75, 3.05) is 52.2 Å². The molecule has 2 N–H and O–H groups in total. The predicted octanol–water partition coefficient (Wildman–Crippen LogP) is 3.85. The molecule has 0 aromatic heterocycles. The Hall–Kier alpha value is -2.86. The van der Waals surface area contributed by atoms with Crippen molar-refractivity contribution < 1.29 is 32.5 Å². The molecule has 0 aliphatic carbocycles. The van der Waals surface area contributed by atoms with Crippen LogP contribution in [0.25, 0.3) is 0 Å². The number of likely N-dealkylation sites (N-methyl/N-ethyl adjacent to an activating group) is 1. The summed E-state index contributed by atoms with van der Waals surface area (Å²) in [5, 5.41) is 10.1. The van der Waals surface area contributed by atoms with Crippen LogP contribution >= 0.6 is 0 Å². The summed E-state index contributed by atoms with van der Waals surface area (Å²) in [7, 11) is 1.55. The number of sulfonamides is 1. The molecule has 3 rings (SSSR count). The number of ether oxygens (including phenoxy) is 3. The van der Waals surface area contributed by atoms with Gasteiger partial charge in [0, 0.05) is 31.3 Å². The van der Waals surface area contributed by atoms with E-state index in [2.05, 4.69) is 9.62 Å². The molecule has 10 nitrogen and oxygen atoms in total. The van der Waals surface area contributed by atoms with Crippen molar-refractivity contribution in [2.24, 2.45) is 5.92 Å². The number of nitrogens with zero attached hydrogens (tertiary/aromatic N) is 2. The predicted molar refractivity (Wildman–Crippen MR) is 159 cm³/mol. The molecular formula is C30H45N3O7S. The Morgan fingerprint density at radius 1 is 1.15 bits per heavy atom. The van der Waals surface area contributed by atoms with Crippen LogP contribution in [0.2, 0.25) is 0 Å². The summed E-state index contributed by atoms with van der Waals surface area (Å²) in [4.78, 5) is 17.9. The number of fused-ring (bicyclic) bond motifs is 1. The van der Waals surface area contributed by atoms with Crippen LogP contribution in [0.15, 0.2) is 47.4 Å². The molecule has 2 aromatic carbocycles. The van der Waals surface area contributed by atoms with Gasteiger partial charge in [-0.2, -0.15) is 0 Å². The average molecular weight is 592 g/mol. The zero-order chi connectivity index (χ0) is 30.2. The van der Waals surface area contributed by atoms with E-state index in [9.17, 15) is 18.3 Å². The zero-order valence-electron chi connectivity index (χ0n) is 25.0. The fraction of sp³-hybridized carbons (Fsp3) is 0.567. The van der Waals surface area contributed by atoms with E-state index in [-0.39, 0.29) is 46.8 Å². The van der Waals surface area contributed by atoms with Crippen molar-refractivity contribution in [3.8, 4) is 11.5 Å². The second-order valence-electron chi connectivity index (χ2n) is 11.1. The number of anilines is 1. The van der Waals surface area contributed by atoms with Gasteiger partial charge in [-0.3, -0.25) is 9.52 Å². The van der Waals surface area contributed by atoms with Crippen LogP contribution in [-0.4, -0.2) is 95.0 Å². The van der Waals surface area contributed by atoms with Gasteiger partial charge in [0.25, 0.3) is 15.9 Å². The molecule has 4 atom stereocenters. The van der Waals surface area contributed by atoms with E-state index in [1.807, 2.05) is 27.9 Å². The molecule has 0 spiro atoms. The molecule has 41 heavy (non-hydrogen) atoms. The van der Waals surface area contributed by atoms with Crippen LogP contribution in [0.3, 0.4) is 0 Å². The number of amides is 1. The molecule has 1 heterocycles. The van der Waals surface area contributed by atoms with E-state index < -0.39 is 16.1 Å². The van der Waals surface area contributed by atoms with Gasteiger partial charge in [-0.05, 0) is 89.7 Å². The van der Waals surface area contributed by atoms with Crippen molar-refractivity contribution in [2.45, 2.75) is 63.2 Å². The van der Waals surface area contributed by atoms with Gasteiger partial charge in [0.15, 0.2) is 0 Å². The summed E-state index contributed by atoms with van der Waals surface area (Å²) in [5.74, 6) is 0.526. The second-order valence-corrected chi connectivity index (χ2v) is 12.7. The molecule has 1 aliphatic rings. The summed E-state index contributed by atoms with van der Waals surface area (Å²) >= 11 is 0. The van der Waals surface area contributed by atoms with Gasteiger partial charge >= 0.3 is 0 Å². The lowest BCUT2D eigenvalue weighted by molar-refractivity contribution is -0.0137. The van der Waals surface area contributed by atoms with Gasteiger partial charge in [0.1, 0.15) is 11.5 Å². The first-order valence-electron chi connectivity index (χ1n) is 14.1. The van der Waals surface area contributed by atoms with E-state index in [1.165, 1.54) is 25.3 Å². The van der Waals surface area contributed by atoms with E-state index >= 15 is 0 Å². The minimum Gasteiger partial charge on any atom is -0.497 e. The van der Waals surface area contributed by atoms with Gasteiger partial charge in [0.05, 0.1) is 42.4 Å². The Labute approximate surface area is 244 Å². The third-order valence-electron chi connectivity index (χ3n) is 7.22. The van der Waals surface area contributed by atoms with Crippen LogP contribution in [0.4, 0.5) is 5.69 Å². The summed E-state index contributed by atoms with van der Waals surface area (Å²) < 4.78 is 46.5. The quantitative estimate of drug-likeness (QED) is 0.476. The number of methoxy groups -OCH3 is 1. The third-order valence-corrected chi connectivity index (χ3v) is 8.62. The molecule has 0 radical (unpaired) electrons. The molecule has 0 fully saturated rings. The maximum absolute atomic E-state index is 14.1. The molecule has 0 bridgehead atoms. The molecule has 11 heteroatoms. The van der Waals surface area contributed by atoms with Crippen LogP contribution in [0, 0.1) is 5.92 Å². The minimum atomic E-state index is -3.94. The van der Waals surface area contributed by atoms with Crippen LogP contribution in [-0.2, 0) is 14.8 Å². The smallest absolute Gasteiger partial charge is 0.261 e. The number of aliphatic hydroxyl groups excluding tert-OH is 1. The number of carbonyl (C=O) groups is 1. The molecule has 228 valence electrons. The number of hydrogen-bond acceptors (Lipinski definition) is 8. The highest BCUT2D eigenvalue weighted by Gasteiger charge is 2.30. The largest absolute Gasteiger partial charge is 0.497 e. The Kier molecular flexibility index (Phi) is 11.8. The Balaban J connectivity index is 2.01. The lowest BCUT2D eigenvalue weighted by Gasteiger charge is -2.35. The van der Waals surface area contributed by atoms with Crippen LogP contribution in [0.5, 0.6) is 11.5 Å². The number of benzene rings is 2. The minimum absolute atomic E-state index is 0.0293. The van der Waals surface area contributed by atoms with E-state index in [0.29, 0.717) is 31.2 Å². The Bertz CT molecular complexity index is 1240. The fourth-order valence-corrected chi connectivity index (χ4v) is 5.83. The summed E-state index contributed by atoms with van der Waals surface area (Å²) in [5.41, 5.74) is 0.449. The van der Waals surface area contributed by atoms with Gasteiger partial charge in [-0.25, -0.2) is 8.42 Å². The van der Waals surface area contributed by atoms with Crippen LogP contribution < -0.4 is 14.2 Å². The lowest BCUT2D eigenvalue weighted by Crippen LogP contribution is -2.47. The monoisotopic (exact) mass is 591 g/mol. The number of nitrogens with one attached hydrogen (secondary N) is 1. The normalized spacial score (nSPS) is 21.9. The second kappa shape index (κ2) is 14.9. The van der Waals surface area contributed by atoms with E-state index in [1.54, 1.807) is 36.1 Å². The van der Waals surface area contributed by atoms with Crippen molar-refractivity contribution in [1.82, 2.24) is 9.80 Å². The van der Waals surface area contributed by atoms with Gasteiger partial charge < -0.3 is 29.1 Å². The molecule has 2 aromatic rings. The number of carbonyl (C=O) groups excluding carboxylic acids is 1.